The second kappa shape index (κ2) is 10.4. The normalized spacial score (nSPS) is 15.0. The maximum Gasteiger partial charge on any atom is 0.416 e. The minimum absolute atomic E-state index is 0.0519. The van der Waals surface area contributed by atoms with Gasteiger partial charge in [-0.3, -0.25) is 14.5 Å². The van der Waals surface area contributed by atoms with E-state index in [9.17, 15) is 22.8 Å². The standard InChI is InChI=1S/C24H31F3N4O2/c1-4-20-21(17(3)32)16(2)29-22(20)23(33)28-9-6-10-30-11-13-31(14-12-30)19-8-5-7-18(15-19)24(25,26)27/h5,7-8,15,29H,4,6,9-14H2,1-3H3,(H,28,33). The van der Waals surface area contributed by atoms with Crippen molar-refractivity contribution in [3.8, 4) is 0 Å². The molecule has 0 bridgehead atoms. The summed E-state index contributed by atoms with van der Waals surface area (Å²) in [5, 5.41) is 2.92. The van der Waals surface area contributed by atoms with Crippen LogP contribution in [-0.4, -0.2) is 60.8 Å². The molecule has 9 heteroatoms. The predicted octanol–water partition coefficient (Wildman–Crippen LogP) is 4.05. The highest BCUT2D eigenvalue weighted by atomic mass is 19.4. The fourth-order valence-electron chi connectivity index (χ4n) is 4.40. The number of nitrogens with zero attached hydrogens (tertiary/aromatic N) is 2. The highest BCUT2D eigenvalue weighted by Gasteiger charge is 2.31. The van der Waals surface area contributed by atoms with Crippen LogP contribution in [0.25, 0.3) is 0 Å². The number of carbonyl (C=O) groups is 2. The molecule has 1 fully saturated rings. The molecular formula is C24H31F3N4O2. The first-order chi connectivity index (χ1) is 15.6. The summed E-state index contributed by atoms with van der Waals surface area (Å²) in [6.07, 6.45) is -2.99. The Morgan fingerprint density at radius 2 is 1.85 bits per heavy atom. The van der Waals surface area contributed by atoms with E-state index in [1.165, 1.54) is 19.1 Å². The number of Topliss-reactive ketones (excluding diaryl/α,β-unsaturated/α-hetero) is 1. The molecule has 0 unspecified atom stereocenters. The molecule has 0 atom stereocenters. The van der Waals surface area contributed by atoms with Crippen LogP contribution < -0.4 is 10.2 Å². The number of aromatic amines is 1. The molecular weight excluding hydrogens is 433 g/mol. The van der Waals surface area contributed by atoms with Gasteiger partial charge < -0.3 is 15.2 Å². The molecule has 0 aliphatic carbocycles. The highest BCUT2D eigenvalue weighted by molar-refractivity contribution is 6.02. The van der Waals surface area contributed by atoms with Crippen molar-refractivity contribution in [3.05, 3.63) is 52.3 Å². The summed E-state index contributed by atoms with van der Waals surface area (Å²) in [6, 6.07) is 5.45. The first kappa shape index (κ1) is 24.8. The molecule has 2 aromatic rings. The number of ketones is 1. The molecule has 1 aliphatic rings. The van der Waals surface area contributed by atoms with Crippen molar-refractivity contribution in [2.75, 3.05) is 44.2 Å². The van der Waals surface area contributed by atoms with Crippen LogP contribution in [-0.2, 0) is 12.6 Å². The topological polar surface area (TPSA) is 68.4 Å². The lowest BCUT2D eigenvalue weighted by Gasteiger charge is -2.36. The molecule has 0 radical (unpaired) electrons. The van der Waals surface area contributed by atoms with Gasteiger partial charge in [0.1, 0.15) is 5.69 Å². The smallest absolute Gasteiger partial charge is 0.369 e. The van der Waals surface area contributed by atoms with E-state index < -0.39 is 11.7 Å². The second-order valence-electron chi connectivity index (χ2n) is 8.37. The summed E-state index contributed by atoms with van der Waals surface area (Å²) < 4.78 is 38.9. The van der Waals surface area contributed by atoms with Crippen LogP contribution in [0.5, 0.6) is 0 Å². The van der Waals surface area contributed by atoms with Gasteiger partial charge in [-0.05, 0) is 57.0 Å². The first-order valence-electron chi connectivity index (χ1n) is 11.3. The first-order valence-corrected chi connectivity index (χ1v) is 11.3. The summed E-state index contributed by atoms with van der Waals surface area (Å²) in [4.78, 5) is 31.8. The summed E-state index contributed by atoms with van der Waals surface area (Å²) >= 11 is 0. The molecule has 180 valence electrons. The Morgan fingerprint density at radius 1 is 1.15 bits per heavy atom. The summed E-state index contributed by atoms with van der Waals surface area (Å²) in [5.74, 6) is -0.263. The number of hydrogen-bond acceptors (Lipinski definition) is 4. The van der Waals surface area contributed by atoms with Crippen molar-refractivity contribution in [3.63, 3.8) is 0 Å². The molecule has 2 N–H and O–H groups in total. The summed E-state index contributed by atoms with van der Waals surface area (Å²) in [6.45, 7) is 9.33. The third-order valence-electron chi connectivity index (χ3n) is 6.07. The molecule has 33 heavy (non-hydrogen) atoms. The number of H-pyrrole nitrogens is 1. The summed E-state index contributed by atoms with van der Waals surface area (Å²) in [7, 11) is 0. The number of piperazine rings is 1. The van der Waals surface area contributed by atoms with E-state index in [1.807, 2.05) is 11.8 Å². The molecule has 0 saturated carbocycles. The fraction of sp³-hybridized carbons (Fsp3) is 0.500. The highest BCUT2D eigenvalue weighted by Crippen LogP contribution is 2.31. The average Bonchev–Trinajstić information content (AvgIpc) is 3.13. The predicted molar refractivity (Wildman–Crippen MR) is 122 cm³/mol. The maximum atomic E-state index is 13.0. The van der Waals surface area contributed by atoms with E-state index in [-0.39, 0.29) is 11.7 Å². The quantitative estimate of drug-likeness (QED) is 0.457. The van der Waals surface area contributed by atoms with Gasteiger partial charge in [-0.15, -0.1) is 0 Å². The Hall–Kier alpha value is -2.81. The Kier molecular flexibility index (Phi) is 7.84. The molecule has 3 rings (SSSR count). The third-order valence-corrected chi connectivity index (χ3v) is 6.07. The number of halogens is 3. The molecule has 2 heterocycles. The van der Waals surface area contributed by atoms with Gasteiger partial charge in [0.15, 0.2) is 5.78 Å². The lowest BCUT2D eigenvalue weighted by atomic mass is 10.0. The van der Waals surface area contributed by atoms with Crippen LogP contribution in [0.2, 0.25) is 0 Å². The van der Waals surface area contributed by atoms with Crippen molar-refractivity contribution < 1.29 is 22.8 Å². The third kappa shape index (κ3) is 5.96. The number of hydrogen-bond donors (Lipinski definition) is 2. The van der Waals surface area contributed by atoms with Crippen molar-refractivity contribution >= 4 is 17.4 Å². The number of benzene rings is 1. The van der Waals surface area contributed by atoms with E-state index >= 15 is 0 Å². The van der Waals surface area contributed by atoms with E-state index in [2.05, 4.69) is 15.2 Å². The van der Waals surface area contributed by atoms with Gasteiger partial charge in [0.05, 0.1) is 5.56 Å². The Balaban J connectivity index is 1.45. The van der Waals surface area contributed by atoms with E-state index in [4.69, 9.17) is 0 Å². The number of alkyl halides is 3. The van der Waals surface area contributed by atoms with Gasteiger partial charge in [-0.1, -0.05) is 13.0 Å². The molecule has 0 spiro atoms. The Bertz CT molecular complexity index is 992. The SMILES string of the molecule is CCc1c(C(=O)NCCCN2CCN(c3cccc(C(F)(F)F)c3)CC2)[nH]c(C)c1C(C)=O. The lowest BCUT2D eigenvalue weighted by molar-refractivity contribution is -0.137. The Labute approximate surface area is 192 Å². The molecule has 1 aromatic heterocycles. The van der Waals surface area contributed by atoms with Gasteiger partial charge in [-0.2, -0.15) is 13.2 Å². The average molecular weight is 465 g/mol. The number of aryl methyl sites for hydroxylation is 1. The molecule has 1 aliphatic heterocycles. The maximum absolute atomic E-state index is 13.0. The lowest BCUT2D eigenvalue weighted by Crippen LogP contribution is -2.47. The van der Waals surface area contributed by atoms with Gasteiger partial charge in [0.25, 0.3) is 5.91 Å². The zero-order valence-electron chi connectivity index (χ0n) is 19.3. The fourth-order valence-corrected chi connectivity index (χ4v) is 4.40. The number of carbonyl (C=O) groups excluding carboxylic acids is 2. The van der Waals surface area contributed by atoms with E-state index in [0.717, 1.165) is 37.7 Å². The zero-order valence-corrected chi connectivity index (χ0v) is 19.3. The zero-order chi connectivity index (χ0) is 24.2. The van der Waals surface area contributed by atoms with Gasteiger partial charge in [0.2, 0.25) is 0 Å². The van der Waals surface area contributed by atoms with Gasteiger partial charge >= 0.3 is 6.18 Å². The van der Waals surface area contributed by atoms with Crippen LogP contribution in [0.4, 0.5) is 18.9 Å². The van der Waals surface area contributed by atoms with Crippen molar-refractivity contribution in [2.45, 2.75) is 39.8 Å². The van der Waals surface area contributed by atoms with Crippen molar-refractivity contribution in [2.24, 2.45) is 0 Å². The van der Waals surface area contributed by atoms with Crippen molar-refractivity contribution in [1.82, 2.24) is 15.2 Å². The molecule has 1 saturated heterocycles. The monoisotopic (exact) mass is 464 g/mol. The van der Waals surface area contributed by atoms with Crippen LogP contribution in [0, 0.1) is 6.92 Å². The number of aromatic nitrogens is 1. The van der Waals surface area contributed by atoms with Gasteiger partial charge in [-0.25, -0.2) is 0 Å². The van der Waals surface area contributed by atoms with Crippen LogP contribution in [0.15, 0.2) is 24.3 Å². The molecule has 6 nitrogen and oxygen atoms in total. The number of anilines is 1. The van der Waals surface area contributed by atoms with Crippen LogP contribution in [0.1, 0.15) is 57.9 Å². The van der Waals surface area contributed by atoms with Crippen molar-refractivity contribution in [1.29, 1.82) is 0 Å². The van der Waals surface area contributed by atoms with E-state index in [0.29, 0.717) is 48.7 Å². The largest absolute Gasteiger partial charge is 0.416 e. The number of amides is 1. The summed E-state index contributed by atoms with van der Waals surface area (Å²) in [5.41, 5.74) is 2.48. The number of rotatable bonds is 8. The van der Waals surface area contributed by atoms with Crippen LogP contribution >= 0.6 is 0 Å². The molecule has 1 aromatic carbocycles. The minimum Gasteiger partial charge on any atom is -0.369 e. The Morgan fingerprint density at radius 3 is 2.45 bits per heavy atom. The second-order valence-corrected chi connectivity index (χ2v) is 8.37. The van der Waals surface area contributed by atoms with E-state index in [1.54, 1.807) is 13.0 Å². The van der Waals surface area contributed by atoms with Gasteiger partial charge in [0, 0.05) is 49.7 Å². The minimum atomic E-state index is -4.34. The van der Waals surface area contributed by atoms with Crippen LogP contribution in [0.3, 0.4) is 0 Å². The molecule has 1 amide bonds. The number of nitrogens with one attached hydrogen (secondary N) is 2.